The number of nitrogens with zero attached hydrogens (tertiary/aromatic N) is 6. The van der Waals surface area contributed by atoms with Crippen LogP contribution in [0.2, 0.25) is 0 Å². The quantitative estimate of drug-likeness (QED) is 0.192. The van der Waals surface area contributed by atoms with Crippen LogP contribution in [0.15, 0.2) is 55.4 Å². The third-order valence-corrected chi connectivity index (χ3v) is 1.12. The molecule has 0 spiro atoms. The largest absolute Gasteiger partial charge is 3.00 e. The van der Waals surface area contributed by atoms with Crippen LogP contribution in [0.5, 0.6) is 0 Å². The monoisotopic (exact) mass is 898 g/mol. The summed E-state index contributed by atoms with van der Waals surface area (Å²) in [5, 5.41) is 71.3. The predicted octanol–water partition coefficient (Wildman–Crippen LogP) is -7.79. The van der Waals surface area contributed by atoms with Crippen LogP contribution in [0.3, 0.4) is 0 Å². The van der Waals surface area contributed by atoms with Gasteiger partial charge in [0.2, 0.25) is 0 Å². The molecule has 0 aliphatic rings. The Kier molecular flexibility index (Phi) is 45.0. The van der Waals surface area contributed by atoms with Gasteiger partial charge in [0.15, 0.2) is 0 Å². The fraction of sp³-hybridized carbons (Fsp3) is 0. The van der Waals surface area contributed by atoms with Gasteiger partial charge in [-0.25, -0.2) is 0 Å². The van der Waals surface area contributed by atoms with E-state index in [0.29, 0.717) is 0 Å². The van der Waals surface area contributed by atoms with Crippen LogP contribution >= 0.6 is 0 Å². The van der Waals surface area contributed by atoms with Gasteiger partial charge in [-0.15, -0.1) is 0 Å². The molecule has 0 amide bonds. The smallest absolute Gasteiger partial charge is 0.907 e. The third-order valence-electron chi connectivity index (χ3n) is 1.12. The van der Waals surface area contributed by atoms with Crippen molar-refractivity contribution in [2.75, 3.05) is 0 Å². The van der Waals surface area contributed by atoms with Crippen LogP contribution < -0.4 is 45.4 Å². The van der Waals surface area contributed by atoms with Gasteiger partial charge in [0.25, 0.3) is 0 Å². The summed E-state index contributed by atoms with van der Waals surface area (Å²) < 4.78 is 0. The maximum Gasteiger partial charge on any atom is 3.00 e. The molecule has 26 heavy (non-hydrogen) atoms. The zero-order chi connectivity index (χ0) is 17.8. The Bertz CT molecular complexity index is 355. The van der Waals surface area contributed by atoms with Gasteiger partial charge in [-0.1, -0.05) is 18.2 Å². The fourth-order valence-electron chi connectivity index (χ4n) is 0.577. The van der Waals surface area contributed by atoms with E-state index < -0.39 is 14.6 Å². The Labute approximate surface area is 190 Å². The summed E-state index contributed by atoms with van der Waals surface area (Å²) in [6.07, 6.45) is 9.83. The molecule has 3 heterocycles. The zero-order valence-corrected chi connectivity index (χ0v) is 19.7. The van der Waals surface area contributed by atoms with E-state index in [-0.39, 0.29) is 60.3 Å². The van der Waals surface area contributed by atoms with Gasteiger partial charge in [0.1, 0.15) is 0 Å². The van der Waals surface area contributed by atoms with Crippen molar-refractivity contribution in [3.8, 4) is 0 Å². The molecule has 0 atom stereocenters. The van der Waals surface area contributed by atoms with E-state index in [9.17, 15) is 0 Å². The van der Waals surface area contributed by atoms with E-state index in [1.54, 1.807) is 55.4 Å². The first-order valence-corrected chi connectivity index (χ1v) is 5.56. The molecule has 144 valence electrons. The molecular formula is C9H9B2Ir3N6O6. The van der Waals surface area contributed by atoms with Gasteiger partial charge in [0, 0.05) is 18.6 Å². The standard InChI is InChI=1S/3C3H3N2.2BO3.3Ir/c3*1-2-4-5-3-1;2*2-1(3)4;;;/h3*1-3H;;;;;/q3*-1;2*-3;3*+3. The van der Waals surface area contributed by atoms with Crippen molar-refractivity contribution < 1.29 is 90.5 Å². The van der Waals surface area contributed by atoms with E-state index in [0.717, 1.165) is 0 Å². The maximum absolute atomic E-state index is 8.42. The Morgan fingerprint density at radius 2 is 0.692 bits per heavy atom. The second-order valence-electron chi connectivity index (χ2n) is 2.74. The number of aromatic nitrogens is 6. The first kappa shape index (κ1) is 36.4. The van der Waals surface area contributed by atoms with Gasteiger partial charge in [-0.3, -0.25) is 14.6 Å². The van der Waals surface area contributed by atoms with Crippen molar-refractivity contribution in [3.05, 3.63) is 55.4 Å². The minimum Gasteiger partial charge on any atom is -0.907 e. The van der Waals surface area contributed by atoms with Gasteiger partial charge in [0.05, 0.1) is 0 Å². The Hall–Kier alpha value is -0.532. The van der Waals surface area contributed by atoms with Crippen LogP contribution in [0, 0.1) is 0 Å². The Morgan fingerprint density at radius 1 is 0.500 bits per heavy atom. The van der Waals surface area contributed by atoms with Gasteiger partial charge in [-0.05, 0) is 0 Å². The predicted molar refractivity (Wildman–Crippen MR) is 64.2 cm³/mol. The molecule has 0 radical (unpaired) electrons. The molecule has 0 N–H and O–H groups in total. The molecule has 3 rings (SSSR count). The van der Waals surface area contributed by atoms with Crippen molar-refractivity contribution in [2.45, 2.75) is 0 Å². The fourth-order valence-corrected chi connectivity index (χ4v) is 0.577. The maximum atomic E-state index is 8.42. The molecule has 0 bridgehead atoms. The number of hydrogen-bond acceptors (Lipinski definition) is 9. The molecule has 17 heteroatoms. The van der Waals surface area contributed by atoms with Crippen LogP contribution in [-0.2, 0) is 60.3 Å². The van der Waals surface area contributed by atoms with Crippen LogP contribution in [0.1, 0.15) is 0 Å². The summed E-state index contributed by atoms with van der Waals surface area (Å²) in [6, 6.07) is 5.33. The van der Waals surface area contributed by atoms with Gasteiger partial charge < -0.3 is 60.7 Å². The molecular weight excluding hydrogens is 886 g/mol. The second kappa shape index (κ2) is 32.2. The summed E-state index contributed by atoms with van der Waals surface area (Å²) in [5.74, 6) is 0. The van der Waals surface area contributed by atoms with Crippen LogP contribution in [0.4, 0.5) is 0 Å². The van der Waals surface area contributed by atoms with Gasteiger partial charge in [-0.2, -0.15) is 18.6 Å². The first-order valence-electron chi connectivity index (χ1n) is 5.56. The minimum atomic E-state index is -2.92. The van der Waals surface area contributed by atoms with E-state index >= 15 is 0 Å². The van der Waals surface area contributed by atoms with Gasteiger partial charge >= 0.3 is 60.3 Å². The van der Waals surface area contributed by atoms with Crippen molar-refractivity contribution in [1.82, 2.24) is 30.6 Å². The average Bonchev–Trinajstić information content (AvgIpc) is 3.25. The average molecular weight is 895 g/mol. The molecule has 0 aromatic carbocycles. The molecule has 0 saturated carbocycles. The van der Waals surface area contributed by atoms with Crippen molar-refractivity contribution in [3.63, 3.8) is 0 Å². The Morgan fingerprint density at radius 3 is 0.731 bits per heavy atom. The minimum absolute atomic E-state index is 0. The van der Waals surface area contributed by atoms with Crippen molar-refractivity contribution in [2.24, 2.45) is 0 Å². The zero-order valence-electron chi connectivity index (χ0n) is 12.5. The summed E-state index contributed by atoms with van der Waals surface area (Å²) >= 11 is 0. The normalized spacial score (nSPS) is 6.69. The molecule has 0 fully saturated rings. The summed E-state index contributed by atoms with van der Waals surface area (Å²) in [4.78, 5) is 0. The second-order valence-corrected chi connectivity index (χ2v) is 2.74. The first-order chi connectivity index (χ1) is 11.0. The third kappa shape index (κ3) is 56.6. The van der Waals surface area contributed by atoms with Crippen molar-refractivity contribution in [1.29, 1.82) is 0 Å². The van der Waals surface area contributed by atoms with Crippen molar-refractivity contribution >= 4 is 14.6 Å². The molecule has 3 aromatic heterocycles. The SMILES string of the molecule is [Ir+3].[Ir+3].[Ir+3].[O-]B([O-])[O-].[O-]B([O-])[O-].c1cn[n-]c1.c1cn[n-]c1.c1cn[n-]c1. The van der Waals surface area contributed by atoms with Crippen LogP contribution in [0.25, 0.3) is 0 Å². The summed E-state index contributed by atoms with van der Waals surface area (Å²) in [5.41, 5.74) is 0. The van der Waals surface area contributed by atoms with E-state index in [1.807, 2.05) is 0 Å². The molecule has 0 unspecified atom stereocenters. The van der Waals surface area contributed by atoms with E-state index in [4.69, 9.17) is 30.1 Å². The van der Waals surface area contributed by atoms with E-state index in [1.165, 1.54) is 0 Å². The van der Waals surface area contributed by atoms with E-state index in [2.05, 4.69) is 30.6 Å². The Balaban J connectivity index is -0.0000000691. The molecule has 0 saturated heterocycles. The number of rotatable bonds is 0. The molecule has 3 aromatic rings. The van der Waals surface area contributed by atoms with Crippen LogP contribution in [-0.4, -0.2) is 29.9 Å². The molecule has 0 aliphatic carbocycles. The number of hydrogen-bond donors (Lipinski definition) is 0. The molecule has 0 aliphatic heterocycles. The summed E-state index contributed by atoms with van der Waals surface area (Å²) in [6.45, 7) is 0. The molecule has 12 nitrogen and oxygen atoms in total. The summed E-state index contributed by atoms with van der Waals surface area (Å²) in [7, 11) is -5.83. The topological polar surface area (TPSA) is 219 Å².